The Morgan fingerprint density at radius 1 is 1.00 bits per heavy atom. The van der Waals surface area contributed by atoms with Crippen molar-refractivity contribution in [3.63, 3.8) is 0 Å². The molecule has 0 unspecified atom stereocenters. The fraction of sp³-hybridized carbons (Fsp3) is 0.111. The SMILES string of the molecule is C=C(C)Cc1c(S(=O)(=O)[O-])ccc2c1ccc1ccccc12.[K+]. The standard InChI is InChI=1S/C18H16O3S.K/c1-12(2)11-17-16-8-7-13-5-3-4-6-14(13)15(16)9-10-18(17)22(19,20)21;/h3-10H,1,11H2,2H3,(H,19,20,21);/q;+1/p-1. The van der Waals surface area contributed by atoms with Crippen molar-refractivity contribution in [3.05, 3.63) is 66.2 Å². The van der Waals surface area contributed by atoms with Gasteiger partial charge in [-0.05, 0) is 46.5 Å². The van der Waals surface area contributed by atoms with E-state index in [4.69, 9.17) is 0 Å². The van der Waals surface area contributed by atoms with Crippen LogP contribution < -0.4 is 51.4 Å². The summed E-state index contributed by atoms with van der Waals surface area (Å²) >= 11 is 0. The molecule has 23 heavy (non-hydrogen) atoms. The minimum Gasteiger partial charge on any atom is -0.744 e. The average molecular weight is 350 g/mol. The van der Waals surface area contributed by atoms with Crippen LogP contribution in [0.3, 0.4) is 0 Å². The van der Waals surface area contributed by atoms with Crippen LogP contribution in [0.1, 0.15) is 12.5 Å². The molecule has 3 nitrogen and oxygen atoms in total. The first-order chi connectivity index (χ1) is 10.4. The zero-order valence-corrected chi connectivity index (χ0v) is 17.1. The second-order valence-electron chi connectivity index (χ2n) is 5.51. The van der Waals surface area contributed by atoms with Crippen LogP contribution in [0.25, 0.3) is 21.5 Å². The first-order valence-corrected chi connectivity index (χ1v) is 8.32. The number of hydrogen-bond donors (Lipinski definition) is 0. The van der Waals surface area contributed by atoms with Crippen LogP contribution in [-0.4, -0.2) is 13.0 Å². The van der Waals surface area contributed by atoms with Crippen molar-refractivity contribution in [2.45, 2.75) is 18.2 Å². The van der Waals surface area contributed by atoms with Crippen LogP contribution in [0, 0.1) is 0 Å². The first kappa shape index (κ1) is 18.8. The van der Waals surface area contributed by atoms with Gasteiger partial charge in [-0.2, -0.15) is 0 Å². The normalized spacial score (nSPS) is 11.4. The van der Waals surface area contributed by atoms with Gasteiger partial charge in [0.25, 0.3) is 0 Å². The van der Waals surface area contributed by atoms with Gasteiger partial charge in [0.05, 0.1) is 4.90 Å². The van der Waals surface area contributed by atoms with E-state index in [9.17, 15) is 13.0 Å². The number of benzene rings is 3. The van der Waals surface area contributed by atoms with E-state index in [2.05, 4.69) is 6.58 Å². The molecular weight excluding hydrogens is 335 g/mol. The molecule has 3 rings (SSSR count). The zero-order valence-electron chi connectivity index (χ0n) is 13.2. The second-order valence-corrected chi connectivity index (χ2v) is 6.86. The summed E-state index contributed by atoms with van der Waals surface area (Å²) in [6, 6.07) is 14.8. The fourth-order valence-electron chi connectivity index (χ4n) is 2.85. The molecule has 0 fully saturated rings. The summed E-state index contributed by atoms with van der Waals surface area (Å²) < 4.78 is 34.7. The van der Waals surface area contributed by atoms with Gasteiger partial charge < -0.3 is 4.55 Å². The molecular formula is C18H15KO3S. The van der Waals surface area contributed by atoms with Crippen LogP contribution in [0.5, 0.6) is 0 Å². The van der Waals surface area contributed by atoms with Crippen molar-refractivity contribution in [2.75, 3.05) is 0 Å². The molecule has 0 aliphatic carbocycles. The van der Waals surface area contributed by atoms with Crippen LogP contribution in [0.2, 0.25) is 0 Å². The molecule has 0 atom stereocenters. The number of allylic oxidation sites excluding steroid dienone is 1. The Kier molecular flexibility index (Phi) is 5.84. The minimum atomic E-state index is -4.51. The molecule has 0 N–H and O–H groups in total. The van der Waals surface area contributed by atoms with Crippen molar-refractivity contribution in [1.29, 1.82) is 0 Å². The minimum absolute atomic E-state index is 0. The van der Waals surface area contributed by atoms with Gasteiger partial charge in [-0.3, -0.25) is 0 Å². The molecule has 0 aliphatic heterocycles. The molecule has 0 aromatic heterocycles. The summed E-state index contributed by atoms with van der Waals surface area (Å²) in [7, 11) is -4.51. The van der Waals surface area contributed by atoms with Gasteiger partial charge in [0.15, 0.2) is 0 Å². The van der Waals surface area contributed by atoms with Crippen molar-refractivity contribution < 1.29 is 64.4 Å². The molecule has 112 valence electrons. The van der Waals surface area contributed by atoms with Crippen molar-refractivity contribution >= 4 is 31.7 Å². The van der Waals surface area contributed by atoms with E-state index in [-0.39, 0.29) is 56.3 Å². The maximum absolute atomic E-state index is 11.6. The maximum Gasteiger partial charge on any atom is 1.00 e. The third-order valence-corrected chi connectivity index (χ3v) is 4.66. The predicted molar refractivity (Wildman–Crippen MR) is 87.9 cm³/mol. The van der Waals surface area contributed by atoms with Crippen LogP contribution in [0.15, 0.2) is 65.6 Å². The smallest absolute Gasteiger partial charge is 0.744 e. The van der Waals surface area contributed by atoms with E-state index < -0.39 is 10.1 Å². The predicted octanol–water partition coefficient (Wildman–Crippen LogP) is 1.02. The summed E-state index contributed by atoms with van der Waals surface area (Å²) in [5.74, 6) is 0. The molecule has 0 radical (unpaired) electrons. The van der Waals surface area contributed by atoms with E-state index in [0.717, 1.165) is 27.1 Å². The Hall–Kier alpha value is -0.534. The number of fused-ring (bicyclic) bond motifs is 3. The third-order valence-electron chi connectivity index (χ3n) is 3.74. The number of rotatable bonds is 3. The van der Waals surface area contributed by atoms with Gasteiger partial charge in [0.1, 0.15) is 10.1 Å². The summed E-state index contributed by atoms with van der Waals surface area (Å²) in [6.07, 6.45) is 0.368. The van der Waals surface area contributed by atoms with E-state index in [1.165, 1.54) is 6.07 Å². The third kappa shape index (κ3) is 3.77. The molecule has 5 heteroatoms. The molecule has 3 aromatic carbocycles. The Labute approximate surface area is 178 Å². The Balaban J connectivity index is 0.00000192. The van der Waals surface area contributed by atoms with Crippen LogP contribution in [-0.2, 0) is 16.5 Å². The molecule has 0 bridgehead atoms. The quantitative estimate of drug-likeness (QED) is 0.307. The molecule has 0 spiro atoms. The topological polar surface area (TPSA) is 57.2 Å². The first-order valence-electron chi connectivity index (χ1n) is 6.91. The Morgan fingerprint density at radius 3 is 2.30 bits per heavy atom. The van der Waals surface area contributed by atoms with Gasteiger partial charge in [-0.15, -0.1) is 0 Å². The Bertz CT molecular complexity index is 1010. The summed E-state index contributed by atoms with van der Waals surface area (Å²) in [5, 5.41) is 3.85. The van der Waals surface area contributed by atoms with E-state index >= 15 is 0 Å². The second kappa shape index (κ2) is 7.15. The monoisotopic (exact) mass is 350 g/mol. The van der Waals surface area contributed by atoms with Gasteiger partial charge in [-0.1, -0.05) is 54.6 Å². The Morgan fingerprint density at radius 2 is 1.65 bits per heavy atom. The molecule has 0 heterocycles. The van der Waals surface area contributed by atoms with E-state index in [1.54, 1.807) is 6.07 Å². The van der Waals surface area contributed by atoms with Crippen molar-refractivity contribution in [2.24, 2.45) is 0 Å². The fourth-order valence-corrected chi connectivity index (χ4v) is 3.57. The van der Waals surface area contributed by atoms with E-state index in [1.807, 2.05) is 43.3 Å². The number of hydrogen-bond acceptors (Lipinski definition) is 3. The van der Waals surface area contributed by atoms with Gasteiger partial charge in [0.2, 0.25) is 0 Å². The van der Waals surface area contributed by atoms with Gasteiger partial charge >= 0.3 is 51.4 Å². The zero-order chi connectivity index (χ0) is 15.9. The molecule has 0 amide bonds. The summed E-state index contributed by atoms with van der Waals surface area (Å²) in [5.41, 5.74) is 1.34. The average Bonchev–Trinajstić information content (AvgIpc) is 2.45. The van der Waals surface area contributed by atoms with Gasteiger partial charge in [0, 0.05) is 0 Å². The summed E-state index contributed by atoms with van der Waals surface area (Å²) in [4.78, 5) is -0.154. The molecule has 0 saturated carbocycles. The largest absolute Gasteiger partial charge is 1.00 e. The van der Waals surface area contributed by atoms with Crippen molar-refractivity contribution in [3.8, 4) is 0 Å². The van der Waals surface area contributed by atoms with E-state index in [0.29, 0.717) is 12.0 Å². The van der Waals surface area contributed by atoms with Crippen LogP contribution >= 0.6 is 0 Å². The maximum atomic E-state index is 11.6. The van der Waals surface area contributed by atoms with Crippen molar-refractivity contribution in [1.82, 2.24) is 0 Å². The van der Waals surface area contributed by atoms with Crippen LogP contribution in [0.4, 0.5) is 0 Å². The molecule has 0 aliphatic rings. The van der Waals surface area contributed by atoms with Gasteiger partial charge in [-0.25, -0.2) is 8.42 Å². The molecule has 3 aromatic rings. The summed E-state index contributed by atoms with van der Waals surface area (Å²) in [6.45, 7) is 5.67. The molecule has 0 saturated heterocycles.